The molecule has 1 aromatic heterocycles. The molecule has 0 radical (unpaired) electrons. The van der Waals surface area contributed by atoms with E-state index in [0.29, 0.717) is 6.61 Å². The molecule has 0 bridgehead atoms. The monoisotopic (exact) mass is 314 g/mol. The lowest BCUT2D eigenvalue weighted by molar-refractivity contribution is 0.308. The summed E-state index contributed by atoms with van der Waals surface area (Å²) >= 11 is 1.62. The highest BCUT2D eigenvalue weighted by atomic mass is 32.1. The van der Waals surface area contributed by atoms with Crippen molar-refractivity contribution >= 4 is 11.3 Å². The molecule has 3 rings (SSSR count). The largest absolute Gasteiger partial charge is 0.497 e. The molecule has 0 fully saturated rings. The topological polar surface area (TPSA) is 18.5 Å². The molecule has 0 aliphatic carbocycles. The lowest BCUT2D eigenvalue weighted by Crippen LogP contribution is -1.95. The molecular weight excluding hydrogens is 299 g/mol. The van der Waals surface area contributed by atoms with Gasteiger partial charge in [-0.25, -0.2) is 4.39 Å². The summed E-state index contributed by atoms with van der Waals surface area (Å²) in [6, 6.07) is 16.2. The Balaban J connectivity index is 1.78. The maximum Gasteiger partial charge on any atom is 0.138 e. The normalized spacial score (nSPS) is 10.5. The predicted molar refractivity (Wildman–Crippen MR) is 87.0 cm³/mol. The Morgan fingerprint density at radius 3 is 2.64 bits per heavy atom. The molecule has 2 aromatic carbocycles. The van der Waals surface area contributed by atoms with Gasteiger partial charge in [-0.15, -0.1) is 11.3 Å². The molecule has 0 aliphatic heterocycles. The summed E-state index contributed by atoms with van der Waals surface area (Å²) in [6.45, 7) is 0.411. The maximum absolute atomic E-state index is 12.9. The molecule has 3 aromatic rings. The number of rotatable bonds is 5. The zero-order chi connectivity index (χ0) is 15.4. The number of hydrogen-bond donors (Lipinski definition) is 0. The van der Waals surface area contributed by atoms with Crippen LogP contribution in [-0.4, -0.2) is 7.11 Å². The van der Waals surface area contributed by atoms with E-state index in [1.165, 1.54) is 12.1 Å². The van der Waals surface area contributed by atoms with Crippen molar-refractivity contribution in [2.24, 2.45) is 0 Å². The number of hydrogen-bond acceptors (Lipinski definition) is 3. The first kappa shape index (κ1) is 14.6. The van der Waals surface area contributed by atoms with Gasteiger partial charge in [0.05, 0.1) is 12.0 Å². The Morgan fingerprint density at radius 1 is 1.05 bits per heavy atom. The molecule has 0 saturated heterocycles. The molecule has 22 heavy (non-hydrogen) atoms. The van der Waals surface area contributed by atoms with Crippen LogP contribution in [0.5, 0.6) is 11.5 Å². The summed E-state index contributed by atoms with van der Waals surface area (Å²) in [5.74, 6) is 1.40. The minimum Gasteiger partial charge on any atom is -0.497 e. The Morgan fingerprint density at radius 2 is 1.86 bits per heavy atom. The van der Waals surface area contributed by atoms with Crippen molar-refractivity contribution in [3.63, 3.8) is 0 Å². The van der Waals surface area contributed by atoms with Crippen LogP contribution < -0.4 is 9.47 Å². The molecule has 0 unspecified atom stereocenters. The minimum absolute atomic E-state index is 0.239. The lowest BCUT2D eigenvalue weighted by Gasteiger charge is -2.08. The molecule has 0 atom stereocenters. The van der Waals surface area contributed by atoms with E-state index in [-0.39, 0.29) is 5.82 Å². The van der Waals surface area contributed by atoms with E-state index in [9.17, 15) is 4.39 Å². The van der Waals surface area contributed by atoms with Gasteiger partial charge in [-0.1, -0.05) is 24.3 Å². The highest BCUT2D eigenvalue weighted by Crippen LogP contribution is 2.37. The number of benzene rings is 2. The van der Waals surface area contributed by atoms with Crippen molar-refractivity contribution in [3.05, 3.63) is 71.4 Å². The van der Waals surface area contributed by atoms with Crippen LogP contribution in [0.15, 0.2) is 60.0 Å². The van der Waals surface area contributed by atoms with Gasteiger partial charge in [0.1, 0.15) is 23.9 Å². The average molecular weight is 314 g/mol. The molecule has 0 spiro atoms. The highest BCUT2D eigenvalue weighted by molar-refractivity contribution is 7.14. The van der Waals surface area contributed by atoms with Crippen LogP contribution in [0.4, 0.5) is 4.39 Å². The van der Waals surface area contributed by atoms with Crippen molar-refractivity contribution < 1.29 is 13.9 Å². The van der Waals surface area contributed by atoms with Gasteiger partial charge in [0.2, 0.25) is 0 Å². The third kappa shape index (κ3) is 3.28. The standard InChI is InChI=1S/C18H15FO2S/c1-20-16-4-2-3-14(11-16)18-17(9-10-22-18)21-12-13-5-7-15(19)8-6-13/h2-11H,12H2,1H3. The average Bonchev–Trinajstić information content (AvgIpc) is 3.03. The first-order valence-electron chi connectivity index (χ1n) is 6.85. The highest BCUT2D eigenvalue weighted by Gasteiger charge is 2.09. The molecule has 0 aliphatic rings. The van der Waals surface area contributed by atoms with Gasteiger partial charge in [-0.3, -0.25) is 0 Å². The minimum atomic E-state index is -0.239. The quantitative estimate of drug-likeness (QED) is 0.649. The van der Waals surface area contributed by atoms with Crippen LogP contribution in [0.2, 0.25) is 0 Å². The number of ether oxygens (including phenoxy) is 2. The van der Waals surface area contributed by atoms with Gasteiger partial charge in [0.25, 0.3) is 0 Å². The van der Waals surface area contributed by atoms with Crippen LogP contribution in [0.25, 0.3) is 10.4 Å². The van der Waals surface area contributed by atoms with Gasteiger partial charge in [-0.2, -0.15) is 0 Å². The van der Waals surface area contributed by atoms with Gasteiger partial charge >= 0.3 is 0 Å². The summed E-state index contributed by atoms with van der Waals surface area (Å²) in [6.07, 6.45) is 0. The zero-order valence-electron chi connectivity index (χ0n) is 12.1. The Hall–Kier alpha value is -2.33. The van der Waals surface area contributed by atoms with Gasteiger partial charge in [0.15, 0.2) is 0 Å². The first-order valence-corrected chi connectivity index (χ1v) is 7.73. The van der Waals surface area contributed by atoms with Crippen LogP contribution in [0.3, 0.4) is 0 Å². The van der Waals surface area contributed by atoms with Crippen molar-refractivity contribution in [1.29, 1.82) is 0 Å². The second kappa shape index (κ2) is 6.62. The Kier molecular flexibility index (Phi) is 4.39. The summed E-state index contributed by atoms with van der Waals surface area (Å²) < 4.78 is 24.0. The van der Waals surface area contributed by atoms with Crippen molar-refractivity contribution in [1.82, 2.24) is 0 Å². The van der Waals surface area contributed by atoms with E-state index in [1.54, 1.807) is 30.6 Å². The van der Waals surface area contributed by atoms with E-state index < -0.39 is 0 Å². The summed E-state index contributed by atoms with van der Waals surface area (Å²) in [5.41, 5.74) is 1.99. The van der Waals surface area contributed by atoms with Gasteiger partial charge in [-0.05, 0) is 46.8 Å². The fourth-order valence-corrected chi connectivity index (χ4v) is 2.96. The number of halogens is 1. The molecule has 2 nitrogen and oxygen atoms in total. The van der Waals surface area contributed by atoms with Crippen molar-refractivity contribution in [2.45, 2.75) is 6.61 Å². The molecule has 0 amide bonds. The van der Waals surface area contributed by atoms with Crippen LogP contribution in [0, 0.1) is 5.82 Å². The van der Waals surface area contributed by atoms with Gasteiger partial charge < -0.3 is 9.47 Å². The summed E-state index contributed by atoms with van der Waals surface area (Å²) in [4.78, 5) is 1.06. The predicted octanol–water partition coefficient (Wildman–Crippen LogP) is 5.14. The molecule has 1 heterocycles. The summed E-state index contributed by atoms with van der Waals surface area (Å²) in [7, 11) is 1.65. The smallest absolute Gasteiger partial charge is 0.138 e. The lowest BCUT2D eigenvalue weighted by atomic mass is 10.1. The van der Waals surface area contributed by atoms with Gasteiger partial charge in [0, 0.05) is 0 Å². The second-order valence-electron chi connectivity index (χ2n) is 4.76. The third-order valence-corrected chi connectivity index (χ3v) is 4.21. The van der Waals surface area contributed by atoms with E-state index >= 15 is 0 Å². The Bertz CT molecular complexity index is 750. The summed E-state index contributed by atoms with van der Waals surface area (Å²) in [5, 5.41) is 1.99. The molecule has 0 saturated carbocycles. The number of methoxy groups -OCH3 is 1. The maximum atomic E-state index is 12.9. The molecule has 4 heteroatoms. The molecule has 112 valence electrons. The second-order valence-corrected chi connectivity index (χ2v) is 5.68. The zero-order valence-corrected chi connectivity index (χ0v) is 12.9. The molecule has 0 N–H and O–H groups in total. The Labute approximate surface area is 132 Å². The van der Waals surface area contributed by atoms with E-state index in [1.807, 2.05) is 35.7 Å². The van der Waals surface area contributed by atoms with Crippen LogP contribution in [0.1, 0.15) is 5.56 Å². The van der Waals surface area contributed by atoms with Crippen LogP contribution >= 0.6 is 11.3 Å². The molecular formula is C18H15FO2S. The van der Waals surface area contributed by atoms with Crippen LogP contribution in [-0.2, 0) is 6.61 Å². The van der Waals surface area contributed by atoms with Crippen molar-refractivity contribution in [3.8, 4) is 21.9 Å². The van der Waals surface area contributed by atoms with E-state index in [2.05, 4.69) is 0 Å². The van der Waals surface area contributed by atoms with Crippen molar-refractivity contribution in [2.75, 3.05) is 7.11 Å². The van der Waals surface area contributed by atoms with E-state index in [0.717, 1.165) is 27.5 Å². The fourth-order valence-electron chi connectivity index (χ4n) is 2.13. The fraction of sp³-hybridized carbons (Fsp3) is 0.111. The third-order valence-electron chi connectivity index (χ3n) is 3.27. The SMILES string of the molecule is COc1cccc(-c2sccc2OCc2ccc(F)cc2)c1. The number of thiophene rings is 1. The first-order chi connectivity index (χ1) is 10.8. The van der Waals surface area contributed by atoms with E-state index in [4.69, 9.17) is 9.47 Å².